The summed E-state index contributed by atoms with van der Waals surface area (Å²) >= 11 is 0. The summed E-state index contributed by atoms with van der Waals surface area (Å²) in [6.45, 7) is 21.8. The van der Waals surface area contributed by atoms with E-state index in [2.05, 4.69) is 0 Å². The first-order valence-electron chi connectivity index (χ1n) is 11.8. The van der Waals surface area contributed by atoms with E-state index in [0.717, 1.165) is 0 Å². The summed E-state index contributed by atoms with van der Waals surface area (Å²) in [5, 5.41) is 47.0. The van der Waals surface area contributed by atoms with Gasteiger partial charge in [-0.15, -0.1) is 0 Å². The molecule has 196 valence electrons. The summed E-state index contributed by atoms with van der Waals surface area (Å²) in [5.74, 6) is -5.37. The van der Waals surface area contributed by atoms with Gasteiger partial charge in [0.2, 0.25) is 0 Å². The molecular weight excluding hydrogens is 428 g/mol. The number of rotatable bonds is 4. The maximum Gasteiger partial charge on any atom is 0.198 e. The molecule has 33 heavy (non-hydrogen) atoms. The van der Waals surface area contributed by atoms with Crippen LogP contribution < -0.4 is 0 Å². The first kappa shape index (κ1) is 28.9. The predicted molar refractivity (Wildman–Crippen MR) is 124 cm³/mol. The van der Waals surface area contributed by atoms with Crippen LogP contribution in [0.3, 0.4) is 0 Å². The summed E-state index contributed by atoms with van der Waals surface area (Å²) < 4.78 is 24.6. The molecule has 0 aromatic heterocycles. The highest BCUT2D eigenvalue weighted by Gasteiger charge is 2.79. The van der Waals surface area contributed by atoms with Gasteiger partial charge in [-0.05, 0) is 68.7 Å². The molecule has 0 aromatic rings. The van der Waals surface area contributed by atoms with Crippen molar-refractivity contribution in [1.29, 1.82) is 0 Å². The highest BCUT2D eigenvalue weighted by molar-refractivity contribution is 5.22. The molecule has 8 nitrogen and oxygen atoms in total. The first-order valence-corrected chi connectivity index (χ1v) is 11.8. The molecule has 2 heterocycles. The summed E-state index contributed by atoms with van der Waals surface area (Å²) in [4.78, 5) is 0. The largest absolute Gasteiger partial charge is 0.386 e. The second kappa shape index (κ2) is 7.13. The Morgan fingerprint density at radius 3 is 1.48 bits per heavy atom. The molecule has 0 aromatic carbocycles. The monoisotopic (exact) mass is 476 g/mol. The standard InChI is InChI=1S/C25H48O8/c1-15-18(6)17(4,5)31-25(13,21(9,28)20(18,8)27)32-22(10)16(2,3)19(7,26)24(12,30-14)33-23(22,11)29/h26-29H,15H2,1-14H3/t18-,19?,20-,21?,22+,23+,24-,25+/m1/s1. The van der Waals surface area contributed by atoms with Gasteiger partial charge in [0.05, 0.1) is 5.60 Å². The van der Waals surface area contributed by atoms with Crippen molar-refractivity contribution in [3.05, 3.63) is 0 Å². The Morgan fingerprint density at radius 1 is 0.636 bits per heavy atom. The third-order valence-electron chi connectivity index (χ3n) is 10.8. The maximum absolute atomic E-state index is 11.9. The van der Waals surface area contributed by atoms with E-state index >= 15 is 0 Å². The minimum Gasteiger partial charge on any atom is -0.386 e. The fourth-order valence-electron chi connectivity index (χ4n) is 6.19. The van der Waals surface area contributed by atoms with Gasteiger partial charge >= 0.3 is 0 Å². The fraction of sp³-hybridized carbons (Fsp3) is 1.00. The lowest BCUT2D eigenvalue weighted by molar-refractivity contribution is -0.530. The van der Waals surface area contributed by atoms with Crippen LogP contribution in [0.4, 0.5) is 0 Å². The highest BCUT2D eigenvalue weighted by atomic mass is 16.8. The van der Waals surface area contributed by atoms with Gasteiger partial charge in [0.15, 0.2) is 17.4 Å². The Hall–Kier alpha value is -0.320. The van der Waals surface area contributed by atoms with Gasteiger partial charge in [-0.2, -0.15) is 0 Å². The third-order valence-corrected chi connectivity index (χ3v) is 10.8. The van der Waals surface area contributed by atoms with Crippen LogP contribution in [0.15, 0.2) is 0 Å². The van der Waals surface area contributed by atoms with Crippen LogP contribution in [0, 0.1) is 10.8 Å². The number of ether oxygens (including phenoxy) is 4. The van der Waals surface area contributed by atoms with Gasteiger partial charge in [0, 0.05) is 17.9 Å². The zero-order valence-corrected chi connectivity index (χ0v) is 23.1. The van der Waals surface area contributed by atoms with Crippen molar-refractivity contribution >= 4 is 0 Å². The lowest BCUT2D eigenvalue weighted by atomic mass is 9.53. The van der Waals surface area contributed by atoms with E-state index in [1.165, 1.54) is 21.0 Å². The Bertz CT molecular complexity index is 785. The van der Waals surface area contributed by atoms with Crippen molar-refractivity contribution in [2.24, 2.45) is 10.8 Å². The molecule has 0 amide bonds. The lowest BCUT2D eigenvalue weighted by Gasteiger charge is -2.71. The summed E-state index contributed by atoms with van der Waals surface area (Å²) in [6, 6.07) is 0. The van der Waals surface area contributed by atoms with Crippen LogP contribution in [0.5, 0.6) is 0 Å². The molecule has 0 bridgehead atoms. The molecule has 0 spiro atoms. The van der Waals surface area contributed by atoms with Crippen molar-refractivity contribution in [2.45, 2.75) is 142 Å². The first-order chi connectivity index (χ1) is 14.2. The van der Waals surface area contributed by atoms with Gasteiger partial charge in [-0.1, -0.05) is 27.7 Å². The van der Waals surface area contributed by atoms with Crippen molar-refractivity contribution < 1.29 is 39.4 Å². The normalized spacial score (nSPS) is 56.5. The molecule has 2 fully saturated rings. The van der Waals surface area contributed by atoms with E-state index in [4.69, 9.17) is 18.9 Å². The number of hydrogen-bond acceptors (Lipinski definition) is 8. The van der Waals surface area contributed by atoms with Crippen LogP contribution in [0.25, 0.3) is 0 Å². The molecule has 4 N–H and O–H groups in total. The molecular formula is C25H48O8. The van der Waals surface area contributed by atoms with Crippen LogP contribution in [0.2, 0.25) is 0 Å². The zero-order valence-electron chi connectivity index (χ0n) is 23.1. The topological polar surface area (TPSA) is 118 Å². The van der Waals surface area contributed by atoms with Gasteiger partial charge < -0.3 is 39.4 Å². The summed E-state index contributed by atoms with van der Waals surface area (Å²) in [5.41, 5.74) is -9.87. The lowest BCUT2D eigenvalue weighted by Crippen LogP contribution is -2.85. The molecule has 2 saturated heterocycles. The van der Waals surface area contributed by atoms with Gasteiger partial charge in [-0.3, -0.25) is 0 Å². The van der Waals surface area contributed by atoms with Gasteiger partial charge in [0.25, 0.3) is 0 Å². The smallest absolute Gasteiger partial charge is 0.198 e. The van der Waals surface area contributed by atoms with Crippen LogP contribution in [-0.4, -0.2) is 72.9 Å². The molecule has 2 aliphatic heterocycles. The number of hydrogen-bond donors (Lipinski definition) is 4. The van der Waals surface area contributed by atoms with E-state index in [0.29, 0.717) is 6.42 Å². The van der Waals surface area contributed by atoms with Crippen molar-refractivity contribution in [2.75, 3.05) is 7.11 Å². The highest BCUT2D eigenvalue weighted by Crippen LogP contribution is 2.64. The Balaban J connectivity index is 2.76. The quantitative estimate of drug-likeness (QED) is 0.489. The molecule has 8 atom stereocenters. The maximum atomic E-state index is 11.9. The molecule has 0 radical (unpaired) electrons. The SMILES string of the molecule is CC[C@]1(C)C(C)(C)O[C@@](C)(O[C@@]2(C)C(C)(C)C(C)(O)[C@](C)(OC)O[C@]2(C)O)C(C)(O)[C@]1(C)O. The Labute approximate surface area is 199 Å². The third kappa shape index (κ3) is 3.05. The van der Waals surface area contributed by atoms with E-state index in [1.807, 2.05) is 27.7 Å². The molecule has 0 saturated carbocycles. The van der Waals surface area contributed by atoms with Crippen LogP contribution >= 0.6 is 0 Å². The van der Waals surface area contributed by atoms with E-state index < -0.39 is 56.2 Å². The van der Waals surface area contributed by atoms with Crippen LogP contribution in [-0.2, 0) is 18.9 Å². The van der Waals surface area contributed by atoms with E-state index in [-0.39, 0.29) is 0 Å². The second-order valence-electron chi connectivity index (χ2n) is 12.5. The number of aliphatic hydroxyl groups is 4. The van der Waals surface area contributed by atoms with Crippen molar-refractivity contribution in [1.82, 2.24) is 0 Å². The molecule has 2 aliphatic rings. The summed E-state index contributed by atoms with van der Waals surface area (Å²) in [7, 11) is 1.39. The van der Waals surface area contributed by atoms with Crippen molar-refractivity contribution in [3.8, 4) is 0 Å². The number of methoxy groups -OCH3 is 1. The molecule has 2 rings (SSSR count). The average Bonchev–Trinajstić information content (AvgIpc) is 2.63. The fourth-order valence-corrected chi connectivity index (χ4v) is 6.19. The second-order valence-corrected chi connectivity index (χ2v) is 12.5. The van der Waals surface area contributed by atoms with E-state index in [1.54, 1.807) is 48.5 Å². The molecule has 0 aliphatic carbocycles. The van der Waals surface area contributed by atoms with Crippen molar-refractivity contribution in [3.63, 3.8) is 0 Å². The van der Waals surface area contributed by atoms with Gasteiger partial charge in [0.1, 0.15) is 22.4 Å². The average molecular weight is 477 g/mol. The zero-order chi connectivity index (χ0) is 26.5. The Morgan fingerprint density at radius 2 is 1.09 bits per heavy atom. The van der Waals surface area contributed by atoms with Gasteiger partial charge in [-0.25, -0.2) is 0 Å². The minimum absolute atomic E-state index is 0.531. The predicted octanol–water partition coefficient (Wildman–Crippen LogP) is 3.08. The van der Waals surface area contributed by atoms with E-state index in [9.17, 15) is 20.4 Å². The molecule has 8 heteroatoms. The minimum atomic E-state index is -1.99. The summed E-state index contributed by atoms with van der Waals surface area (Å²) in [6.07, 6.45) is 0.531. The van der Waals surface area contributed by atoms with Crippen LogP contribution in [0.1, 0.15) is 96.4 Å². The Kier molecular flexibility index (Phi) is 6.25. The molecule has 2 unspecified atom stereocenters.